The molecule has 25 heavy (non-hydrogen) atoms. The number of carbonyl (C=O) groups excluding carboxylic acids is 2. The molecule has 0 aliphatic carbocycles. The maximum Gasteiger partial charge on any atom is 0.323 e. The van der Waals surface area contributed by atoms with Crippen LogP contribution in [0.15, 0.2) is 54.6 Å². The van der Waals surface area contributed by atoms with Gasteiger partial charge in [-0.25, -0.2) is 4.39 Å². The number of anilines is 1. The van der Waals surface area contributed by atoms with Crippen molar-refractivity contribution in [3.63, 3.8) is 0 Å². The van der Waals surface area contributed by atoms with E-state index in [2.05, 4.69) is 5.32 Å². The molecule has 3 rings (SSSR count). The van der Waals surface area contributed by atoms with Crippen LogP contribution >= 0.6 is 0 Å². The number of amides is 1. The average Bonchev–Trinajstić information content (AvgIpc) is 2.61. The molecule has 1 fully saturated rings. The Hall–Kier alpha value is -2.73. The van der Waals surface area contributed by atoms with Crippen molar-refractivity contribution in [3.05, 3.63) is 66.0 Å². The fourth-order valence-electron chi connectivity index (χ4n) is 2.82. The number of halogens is 1. The van der Waals surface area contributed by atoms with Crippen molar-refractivity contribution in [1.82, 2.24) is 4.90 Å². The molecular weight excluding hydrogens is 323 g/mol. The number of hydrogen-bond donors (Lipinski definition) is 1. The molecule has 1 N–H and O–H groups in total. The highest BCUT2D eigenvalue weighted by Crippen LogP contribution is 2.18. The molecule has 1 heterocycles. The van der Waals surface area contributed by atoms with Crippen LogP contribution in [0.1, 0.15) is 12.0 Å². The lowest BCUT2D eigenvalue weighted by Gasteiger charge is -2.33. The molecule has 5 nitrogen and oxygen atoms in total. The van der Waals surface area contributed by atoms with Gasteiger partial charge in [0.2, 0.25) is 5.91 Å². The van der Waals surface area contributed by atoms with Gasteiger partial charge in [0, 0.05) is 13.1 Å². The van der Waals surface area contributed by atoms with Crippen LogP contribution in [-0.2, 0) is 20.9 Å². The van der Waals surface area contributed by atoms with E-state index in [0.29, 0.717) is 19.7 Å². The van der Waals surface area contributed by atoms with E-state index in [1.54, 1.807) is 12.1 Å². The zero-order valence-corrected chi connectivity index (χ0v) is 13.7. The summed E-state index contributed by atoms with van der Waals surface area (Å²) in [6.07, 6.45) is -0.0833. The quantitative estimate of drug-likeness (QED) is 0.849. The Morgan fingerprint density at radius 2 is 1.88 bits per heavy atom. The minimum atomic E-state index is -0.680. The van der Waals surface area contributed by atoms with Crippen LogP contribution in [-0.4, -0.2) is 36.0 Å². The van der Waals surface area contributed by atoms with Gasteiger partial charge in [0.05, 0.1) is 12.1 Å². The maximum absolute atomic E-state index is 13.7. The van der Waals surface area contributed by atoms with Gasteiger partial charge in [0.1, 0.15) is 18.5 Å². The SMILES string of the molecule is O=C(CC1C(=O)OCCN1Cc1ccccc1)Nc1ccccc1F. The van der Waals surface area contributed by atoms with E-state index < -0.39 is 23.7 Å². The third-order valence-corrected chi connectivity index (χ3v) is 4.09. The lowest BCUT2D eigenvalue weighted by molar-refractivity contribution is -0.159. The summed E-state index contributed by atoms with van der Waals surface area (Å²) >= 11 is 0. The first-order chi connectivity index (χ1) is 12.1. The van der Waals surface area contributed by atoms with Gasteiger partial charge in [0.25, 0.3) is 0 Å². The Kier molecular flexibility index (Phi) is 5.40. The number of para-hydroxylation sites is 1. The third kappa shape index (κ3) is 4.42. The van der Waals surface area contributed by atoms with E-state index >= 15 is 0 Å². The standard InChI is InChI=1S/C19H19FN2O3/c20-15-8-4-5-9-16(15)21-18(23)12-17-19(24)25-11-10-22(17)13-14-6-2-1-3-7-14/h1-9,17H,10-13H2,(H,21,23). The lowest BCUT2D eigenvalue weighted by Crippen LogP contribution is -2.49. The fraction of sp³-hybridized carbons (Fsp3) is 0.263. The van der Waals surface area contributed by atoms with Gasteiger partial charge in [0.15, 0.2) is 0 Å². The highest BCUT2D eigenvalue weighted by Gasteiger charge is 2.33. The second-order valence-corrected chi connectivity index (χ2v) is 5.87. The maximum atomic E-state index is 13.7. The first kappa shape index (κ1) is 17.1. The largest absolute Gasteiger partial charge is 0.463 e. The van der Waals surface area contributed by atoms with Gasteiger partial charge in [-0.3, -0.25) is 14.5 Å². The van der Waals surface area contributed by atoms with Gasteiger partial charge >= 0.3 is 5.97 Å². The first-order valence-corrected chi connectivity index (χ1v) is 8.12. The van der Waals surface area contributed by atoms with Crippen molar-refractivity contribution >= 4 is 17.6 Å². The number of hydrogen-bond acceptors (Lipinski definition) is 4. The van der Waals surface area contributed by atoms with Gasteiger partial charge in [-0.1, -0.05) is 42.5 Å². The zero-order valence-electron chi connectivity index (χ0n) is 13.7. The molecular formula is C19H19FN2O3. The first-order valence-electron chi connectivity index (χ1n) is 8.12. The van der Waals surface area contributed by atoms with Crippen LogP contribution in [0.4, 0.5) is 10.1 Å². The predicted molar refractivity (Wildman–Crippen MR) is 91.2 cm³/mol. The van der Waals surface area contributed by atoms with E-state index in [1.807, 2.05) is 35.2 Å². The van der Waals surface area contributed by atoms with Crippen LogP contribution < -0.4 is 5.32 Å². The second kappa shape index (κ2) is 7.90. The number of benzene rings is 2. The minimum absolute atomic E-state index is 0.0833. The number of rotatable bonds is 5. The summed E-state index contributed by atoms with van der Waals surface area (Å²) < 4.78 is 18.8. The normalized spacial score (nSPS) is 17.8. The number of nitrogens with one attached hydrogen (secondary N) is 1. The summed E-state index contributed by atoms with van der Waals surface area (Å²) in [6, 6.07) is 15.0. The van der Waals surface area contributed by atoms with E-state index in [4.69, 9.17) is 4.74 Å². The number of cyclic esters (lactones) is 1. The van der Waals surface area contributed by atoms with Crippen molar-refractivity contribution in [1.29, 1.82) is 0 Å². The molecule has 1 aliphatic rings. The average molecular weight is 342 g/mol. The zero-order chi connectivity index (χ0) is 17.6. The summed E-state index contributed by atoms with van der Waals surface area (Å²) in [6.45, 7) is 1.41. The second-order valence-electron chi connectivity index (χ2n) is 5.87. The molecule has 1 atom stereocenters. The van der Waals surface area contributed by atoms with Crippen LogP contribution in [0.5, 0.6) is 0 Å². The molecule has 1 saturated heterocycles. The lowest BCUT2D eigenvalue weighted by atomic mass is 10.1. The molecule has 130 valence electrons. The van der Waals surface area contributed by atoms with Crippen molar-refractivity contribution in [3.8, 4) is 0 Å². The Labute approximate surface area is 145 Å². The molecule has 1 aliphatic heterocycles. The van der Waals surface area contributed by atoms with Gasteiger partial charge in [-0.05, 0) is 17.7 Å². The van der Waals surface area contributed by atoms with Crippen LogP contribution in [0.25, 0.3) is 0 Å². The Balaban J connectivity index is 1.67. The highest BCUT2D eigenvalue weighted by molar-refractivity contribution is 5.94. The highest BCUT2D eigenvalue weighted by atomic mass is 19.1. The molecule has 2 aromatic carbocycles. The fourth-order valence-corrected chi connectivity index (χ4v) is 2.82. The van der Waals surface area contributed by atoms with Gasteiger partial charge in [-0.2, -0.15) is 0 Å². The Morgan fingerprint density at radius 1 is 1.16 bits per heavy atom. The van der Waals surface area contributed by atoms with E-state index in [1.165, 1.54) is 12.1 Å². The van der Waals surface area contributed by atoms with Crippen LogP contribution in [0.2, 0.25) is 0 Å². The number of esters is 1. The number of carbonyl (C=O) groups is 2. The van der Waals surface area contributed by atoms with Crippen molar-refractivity contribution in [2.75, 3.05) is 18.5 Å². The molecule has 1 amide bonds. The third-order valence-electron chi connectivity index (χ3n) is 4.09. The monoisotopic (exact) mass is 342 g/mol. The Morgan fingerprint density at radius 3 is 2.64 bits per heavy atom. The molecule has 0 bridgehead atoms. The summed E-state index contributed by atoms with van der Waals surface area (Å²) in [5.74, 6) is -1.36. The topological polar surface area (TPSA) is 58.6 Å². The van der Waals surface area contributed by atoms with Gasteiger partial charge in [-0.15, -0.1) is 0 Å². The van der Waals surface area contributed by atoms with Gasteiger partial charge < -0.3 is 10.1 Å². The van der Waals surface area contributed by atoms with Crippen molar-refractivity contribution in [2.24, 2.45) is 0 Å². The smallest absolute Gasteiger partial charge is 0.323 e. The summed E-state index contributed by atoms with van der Waals surface area (Å²) in [7, 11) is 0. The van der Waals surface area contributed by atoms with Crippen LogP contribution in [0.3, 0.4) is 0 Å². The molecule has 0 saturated carbocycles. The number of morpholine rings is 1. The molecule has 0 radical (unpaired) electrons. The number of ether oxygens (including phenoxy) is 1. The van der Waals surface area contributed by atoms with E-state index in [-0.39, 0.29) is 12.1 Å². The molecule has 0 aromatic heterocycles. The number of nitrogens with zero attached hydrogens (tertiary/aromatic N) is 1. The summed E-state index contributed by atoms with van der Waals surface area (Å²) in [5.41, 5.74) is 1.16. The molecule has 1 unspecified atom stereocenters. The summed E-state index contributed by atoms with van der Waals surface area (Å²) in [4.78, 5) is 26.3. The molecule has 0 spiro atoms. The van der Waals surface area contributed by atoms with E-state index in [0.717, 1.165) is 5.56 Å². The summed E-state index contributed by atoms with van der Waals surface area (Å²) in [5, 5.41) is 2.51. The predicted octanol–water partition coefficient (Wildman–Crippen LogP) is 2.58. The Bertz CT molecular complexity index is 751. The van der Waals surface area contributed by atoms with Crippen molar-refractivity contribution in [2.45, 2.75) is 19.0 Å². The molecule has 2 aromatic rings. The minimum Gasteiger partial charge on any atom is -0.463 e. The van der Waals surface area contributed by atoms with Crippen molar-refractivity contribution < 1.29 is 18.7 Å². The van der Waals surface area contributed by atoms with Crippen LogP contribution in [0, 0.1) is 5.82 Å². The van der Waals surface area contributed by atoms with E-state index in [9.17, 15) is 14.0 Å². The molecule has 6 heteroatoms.